The molecule has 12 heteroatoms. The van der Waals surface area contributed by atoms with Gasteiger partial charge in [-0.25, -0.2) is 4.79 Å². The van der Waals surface area contributed by atoms with E-state index in [1.54, 1.807) is 67.6 Å². The highest BCUT2D eigenvalue weighted by molar-refractivity contribution is 7.86. The van der Waals surface area contributed by atoms with Gasteiger partial charge in [0.25, 0.3) is 10.1 Å². The number of hydrogen-bond acceptors (Lipinski definition) is 10. The summed E-state index contributed by atoms with van der Waals surface area (Å²) in [6.45, 7) is 1.62. The van der Waals surface area contributed by atoms with Crippen LogP contribution in [0.1, 0.15) is 23.1 Å². The number of carbonyl (C=O) groups is 2. The molecule has 0 saturated heterocycles. The van der Waals surface area contributed by atoms with E-state index in [-0.39, 0.29) is 18.1 Å². The highest BCUT2D eigenvalue weighted by Gasteiger charge is 2.39. The summed E-state index contributed by atoms with van der Waals surface area (Å²) in [4.78, 5) is 25.3. The van der Waals surface area contributed by atoms with Crippen LogP contribution in [-0.2, 0) is 60.2 Å². The molecule has 0 fully saturated rings. The molecule has 0 heterocycles. The minimum atomic E-state index is -4.43. The molecule has 0 saturated carbocycles. The van der Waals surface area contributed by atoms with Crippen LogP contribution in [0.5, 0.6) is 0 Å². The SMILES string of the molecule is COC(=O)C(CC(OS(=O)(=O)c1ccc(C)cc1)C(=O)OC)CP(=O)(OCc1ccccc1)OCc1ccccc1. The fourth-order valence-electron chi connectivity index (χ4n) is 3.80. The average Bonchev–Trinajstić information content (AvgIpc) is 2.98. The van der Waals surface area contributed by atoms with E-state index in [4.69, 9.17) is 22.7 Å². The Hall–Kier alpha value is -3.34. The van der Waals surface area contributed by atoms with Gasteiger partial charge >= 0.3 is 19.5 Å². The number of hydrogen-bond donors (Lipinski definition) is 0. The van der Waals surface area contributed by atoms with E-state index >= 15 is 0 Å². The fourth-order valence-corrected chi connectivity index (χ4v) is 6.66. The summed E-state index contributed by atoms with van der Waals surface area (Å²) in [5.74, 6) is -3.21. The molecule has 0 bridgehead atoms. The van der Waals surface area contributed by atoms with Crippen molar-refractivity contribution in [1.29, 1.82) is 0 Å². The van der Waals surface area contributed by atoms with Crippen molar-refractivity contribution in [2.24, 2.45) is 5.92 Å². The van der Waals surface area contributed by atoms with E-state index in [1.165, 1.54) is 12.1 Å². The van der Waals surface area contributed by atoms with Crippen LogP contribution in [0.4, 0.5) is 0 Å². The lowest BCUT2D eigenvalue weighted by molar-refractivity contribution is -0.152. The van der Waals surface area contributed by atoms with E-state index in [9.17, 15) is 22.6 Å². The van der Waals surface area contributed by atoms with Gasteiger partial charge in [0.15, 0.2) is 6.10 Å². The molecule has 220 valence electrons. The summed E-state index contributed by atoms with van der Waals surface area (Å²) in [6, 6.07) is 23.7. The molecule has 0 radical (unpaired) electrons. The van der Waals surface area contributed by atoms with E-state index in [0.717, 1.165) is 19.8 Å². The molecule has 0 amide bonds. The van der Waals surface area contributed by atoms with Crippen molar-refractivity contribution in [2.75, 3.05) is 20.4 Å². The van der Waals surface area contributed by atoms with Crippen LogP contribution in [-0.4, -0.2) is 46.8 Å². The van der Waals surface area contributed by atoms with Crippen LogP contribution in [0.2, 0.25) is 0 Å². The number of benzene rings is 3. The fraction of sp³-hybridized carbons (Fsp3) is 0.310. The first-order valence-electron chi connectivity index (χ1n) is 12.7. The second-order valence-electron chi connectivity index (χ2n) is 9.14. The molecular weight excluding hydrogens is 571 g/mol. The largest absolute Gasteiger partial charge is 0.469 e. The maximum absolute atomic E-state index is 14.0. The van der Waals surface area contributed by atoms with Gasteiger partial charge in [0.2, 0.25) is 0 Å². The van der Waals surface area contributed by atoms with Crippen molar-refractivity contribution >= 4 is 29.7 Å². The van der Waals surface area contributed by atoms with Gasteiger partial charge in [-0.15, -0.1) is 0 Å². The van der Waals surface area contributed by atoms with Crippen LogP contribution >= 0.6 is 7.60 Å². The third-order valence-corrected chi connectivity index (χ3v) is 9.30. The first-order valence-corrected chi connectivity index (χ1v) is 15.8. The number of esters is 2. The molecule has 0 aliphatic carbocycles. The smallest absolute Gasteiger partial charge is 0.336 e. The maximum atomic E-state index is 14.0. The molecule has 0 N–H and O–H groups in total. The molecule has 3 aromatic rings. The maximum Gasteiger partial charge on any atom is 0.336 e. The summed E-state index contributed by atoms with van der Waals surface area (Å²) < 4.78 is 66.3. The Morgan fingerprint density at radius 2 is 1.24 bits per heavy atom. The predicted octanol–water partition coefficient (Wildman–Crippen LogP) is 5.05. The van der Waals surface area contributed by atoms with E-state index in [0.29, 0.717) is 11.1 Å². The van der Waals surface area contributed by atoms with Crippen molar-refractivity contribution in [2.45, 2.75) is 37.6 Å². The standard InChI is InChI=1S/C29H33O10PS/c1-22-14-16-26(17-15-22)41(33,34)39-27(29(31)36-3)18-25(28(30)35-2)21-40(32,37-19-23-10-6-4-7-11-23)38-20-24-12-8-5-9-13-24/h4-17,25,27H,18-21H2,1-3H3. The van der Waals surface area contributed by atoms with Crippen LogP contribution < -0.4 is 0 Å². The summed E-state index contributed by atoms with van der Waals surface area (Å²) in [5.41, 5.74) is 2.25. The van der Waals surface area contributed by atoms with Crippen LogP contribution in [0.3, 0.4) is 0 Å². The summed E-state index contributed by atoms with van der Waals surface area (Å²) in [6.07, 6.45) is -2.79. The summed E-state index contributed by atoms with van der Waals surface area (Å²) >= 11 is 0. The van der Waals surface area contributed by atoms with Gasteiger partial charge in [0.1, 0.15) is 0 Å². The van der Waals surface area contributed by atoms with Gasteiger partial charge in [-0.2, -0.15) is 8.42 Å². The zero-order valence-electron chi connectivity index (χ0n) is 23.0. The molecule has 10 nitrogen and oxygen atoms in total. The lowest BCUT2D eigenvalue weighted by atomic mass is 10.0. The van der Waals surface area contributed by atoms with E-state index in [2.05, 4.69) is 0 Å². The number of rotatable bonds is 15. The second-order valence-corrected chi connectivity index (χ2v) is 12.8. The van der Waals surface area contributed by atoms with Crippen molar-refractivity contribution in [3.63, 3.8) is 0 Å². The van der Waals surface area contributed by atoms with E-state index < -0.39 is 54.3 Å². The topological polar surface area (TPSA) is 132 Å². The minimum Gasteiger partial charge on any atom is -0.469 e. The molecule has 3 rings (SSSR count). The second kappa shape index (κ2) is 15.0. The molecule has 3 aromatic carbocycles. The van der Waals surface area contributed by atoms with Gasteiger partial charge in [-0.3, -0.25) is 13.5 Å². The molecule has 41 heavy (non-hydrogen) atoms. The molecule has 0 aliphatic rings. The van der Waals surface area contributed by atoms with Crippen LogP contribution in [0, 0.1) is 12.8 Å². The monoisotopic (exact) mass is 604 g/mol. The Morgan fingerprint density at radius 3 is 1.71 bits per heavy atom. The van der Waals surface area contributed by atoms with Gasteiger partial charge in [0.05, 0.1) is 44.4 Å². The minimum absolute atomic E-state index is 0.0838. The molecule has 0 spiro atoms. The first kappa shape index (κ1) is 32.2. The van der Waals surface area contributed by atoms with Gasteiger partial charge in [0, 0.05) is 0 Å². The Labute approximate surface area is 240 Å². The Bertz CT molecular complexity index is 1380. The molecular formula is C29H33O10PS. The van der Waals surface area contributed by atoms with Gasteiger partial charge in [-0.1, -0.05) is 78.4 Å². The Balaban J connectivity index is 1.87. The molecule has 0 aliphatic heterocycles. The number of carbonyl (C=O) groups excluding carboxylic acids is 2. The zero-order valence-corrected chi connectivity index (χ0v) is 24.7. The van der Waals surface area contributed by atoms with Crippen molar-refractivity contribution in [1.82, 2.24) is 0 Å². The third kappa shape index (κ3) is 9.91. The highest BCUT2D eigenvalue weighted by Crippen LogP contribution is 2.52. The molecule has 2 unspecified atom stereocenters. The normalized spacial score (nSPS) is 13.2. The lowest BCUT2D eigenvalue weighted by Gasteiger charge is -2.25. The van der Waals surface area contributed by atoms with E-state index in [1.807, 2.05) is 12.1 Å². The van der Waals surface area contributed by atoms with Crippen LogP contribution in [0.15, 0.2) is 89.8 Å². The van der Waals surface area contributed by atoms with Crippen molar-refractivity contribution in [3.8, 4) is 0 Å². The zero-order chi connectivity index (χ0) is 29.9. The molecule has 0 aromatic heterocycles. The highest BCUT2D eigenvalue weighted by atomic mass is 32.2. The first-order chi connectivity index (χ1) is 19.5. The summed E-state index contributed by atoms with van der Waals surface area (Å²) in [7, 11) is -6.30. The Kier molecular flexibility index (Phi) is 11.8. The van der Waals surface area contributed by atoms with Gasteiger partial charge in [-0.05, 0) is 36.6 Å². The average molecular weight is 605 g/mol. The summed E-state index contributed by atoms with van der Waals surface area (Å²) in [5, 5.41) is 0. The Morgan fingerprint density at radius 1 is 0.756 bits per heavy atom. The lowest BCUT2D eigenvalue weighted by Crippen LogP contribution is -2.34. The quantitative estimate of drug-likeness (QED) is 0.132. The van der Waals surface area contributed by atoms with Crippen LogP contribution in [0.25, 0.3) is 0 Å². The number of aryl methyl sites for hydroxylation is 1. The van der Waals surface area contributed by atoms with Crippen molar-refractivity contribution in [3.05, 3.63) is 102 Å². The van der Waals surface area contributed by atoms with Crippen molar-refractivity contribution < 1.29 is 45.3 Å². The number of methoxy groups -OCH3 is 2. The number of ether oxygens (including phenoxy) is 2. The third-order valence-electron chi connectivity index (χ3n) is 6.04. The molecule has 2 atom stereocenters. The predicted molar refractivity (Wildman–Crippen MR) is 150 cm³/mol. The van der Waals surface area contributed by atoms with Gasteiger partial charge < -0.3 is 18.5 Å².